The first kappa shape index (κ1) is 13.4. The topological polar surface area (TPSA) is 43.1 Å². The third kappa shape index (κ3) is 3.69. The molecule has 0 amide bonds. The average molecular weight is 271 g/mol. The molecule has 0 spiro atoms. The maximum Gasteiger partial charge on any atom is 0.283 e. The van der Waals surface area contributed by atoms with Crippen LogP contribution in [0.3, 0.4) is 0 Å². The maximum absolute atomic E-state index is 11.1. The number of hydrogen-bond acceptors (Lipinski definition) is 3. The first-order valence-corrected chi connectivity index (χ1v) is 6.68. The second kappa shape index (κ2) is 6.20. The molecule has 0 saturated heterocycles. The van der Waals surface area contributed by atoms with Crippen LogP contribution in [-0.4, -0.2) is 4.92 Å². The molecule has 0 heterocycles. The van der Waals surface area contributed by atoms with Gasteiger partial charge in [-0.1, -0.05) is 47.7 Å². The molecule has 96 valence electrons. The minimum absolute atomic E-state index is 0.117. The smallest absolute Gasteiger partial charge is 0.258 e. The summed E-state index contributed by atoms with van der Waals surface area (Å²) in [6.45, 7) is 2.01. The van der Waals surface area contributed by atoms with Gasteiger partial charge >= 0.3 is 0 Å². The fraction of sp³-hybridized carbons (Fsp3) is 0.0667. The Morgan fingerprint density at radius 2 is 1.74 bits per heavy atom. The van der Waals surface area contributed by atoms with Crippen LogP contribution in [-0.2, 0) is 0 Å². The van der Waals surface area contributed by atoms with Crippen LogP contribution in [0.4, 0.5) is 0 Å². The standard InChI is InChI=1S/C15H13NO2S/c1-12-7-9-14(10-8-12)19-11-15(16(17)18)13-5-3-2-4-6-13/h2-11H,1H3/b15-11-. The molecule has 0 aromatic heterocycles. The van der Waals surface area contributed by atoms with Crippen LogP contribution in [0.2, 0.25) is 0 Å². The number of hydrogen-bond donors (Lipinski definition) is 0. The highest BCUT2D eigenvalue weighted by Crippen LogP contribution is 2.25. The summed E-state index contributed by atoms with van der Waals surface area (Å²) in [4.78, 5) is 11.7. The molecule has 0 unspecified atom stereocenters. The summed E-state index contributed by atoms with van der Waals surface area (Å²) in [5.74, 6) is 0. The molecule has 4 heteroatoms. The third-order valence-electron chi connectivity index (χ3n) is 2.59. The van der Waals surface area contributed by atoms with Gasteiger partial charge in [0.15, 0.2) is 0 Å². The molecular formula is C15H13NO2S. The Morgan fingerprint density at radius 1 is 1.11 bits per heavy atom. The molecule has 0 fully saturated rings. The van der Waals surface area contributed by atoms with Crippen molar-refractivity contribution in [2.24, 2.45) is 0 Å². The van der Waals surface area contributed by atoms with E-state index in [1.54, 1.807) is 29.7 Å². The number of rotatable bonds is 4. The SMILES string of the molecule is Cc1ccc(S/C=C(/c2ccccc2)[N+](=O)[O-])cc1. The van der Waals surface area contributed by atoms with Crippen molar-refractivity contribution in [3.05, 3.63) is 81.2 Å². The van der Waals surface area contributed by atoms with Crippen LogP contribution in [0.5, 0.6) is 0 Å². The van der Waals surface area contributed by atoms with Crippen molar-refractivity contribution < 1.29 is 4.92 Å². The van der Waals surface area contributed by atoms with E-state index in [4.69, 9.17) is 0 Å². The number of nitrogens with zero attached hydrogens (tertiary/aromatic N) is 1. The fourth-order valence-electron chi connectivity index (χ4n) is 1.57. The zero-order chi connectivity index (χ0) is 13.7. The van der Waals surface area contributed by atoms with Gasteiger partial charge in [0.1, 0.15) is 0 Å². The lowest BCUT2D eigenvalue weighted by Crippen LogP contribution is -1.96. The van der Waals surface area contributed by atoms with Crippen LogP contribution in [0, 0.1) is 17.0 Å². The Kier molecular flexibility index (Phi) is 4.36. The molecule has 2 aromatic carbocycles. The molecule has 3 nitrogen and oxygen atoms in total. The van der Waals surface area contributed by atoms with Crippen LogP contribution >= 0.6 is 11.8 Å². The first-order valence-electron chi connectivity index (χ1n) is 5.80. The predicted molar refractivity (Wildman–Crippen MR) is 78.4 cm³/mol. The fourth-order valence-corrected chi connectivity index (χ4v) is 2.33. The van der Waals surface area contributed by atoms with Gasteiger partial charge in [0.05, 0.1) is 15.9 Å². The Bertz CT molecular complexity index is 591. The van der Waals surface area contributed by atoms with E-state index >= 15 is 0 Å². The van der Waals surface area contributed by atoms with Gasteiger partial charge in [0.2, 0.25) is 0 Å². The number of aryl methyl sites for hydroxylation is 1. The van der Waals surface area contributed by atoms with Crippen molar-refractivity contribution in [1.29, 1.82) is 0 Å². The van der Waals surface area contributed by atoms with Gasteiger partial charge in [-0.3, -0.25) is 10.1 Å². The van der Waals surface area contributed by atoms with Gasteiger partial charge in [0.25, 0.3) is 5.70 Å². The van der Waals surface area contributed by atoms with E-state index in [1.807, 2.05) is 37.3 Å². The van der Waals surface area contributed by atoms with Crippen LogP contribution in [0.1, 0.15) is 11.1 Å². The summed E-state index contributed by atoms with van der Waals surface area (Å²) in [5.41, 5.74) is 1.91. The molecule has 2 aromatic rings. The first-order chi connectivity index (χ1) is 9.16. The monoisotopic (exact) mass is 271 g/mol. The Morgan fingerprint density at radius 3 is 2.32 bits per heavy atom. The lowest BCUT2D eigenvalue weighted by atomic mass is 10.2. The van der Waals surface area contributed by atoms with E-state index in [9.17, 15) is 10.1 Å². The molecular weight excluding hydrogens is 258 g/mol. The average Bonchev–Trinajstić information content (AvgIpc) is 2.42. The summed E-state index contributed by atoms with van der Waals surface area (Å²) >= 11 is 1.36. The van der Waals surface area contributed by atoms with Crippen molar-refractivity contribution in [1.82, 2.24) is 0 Å². The summed E-state index contributed by atoms with van der Waals surface area (Å²) < 4.78 is 0. The lowest BCUT2D eigenvalue weighted by Gasteiger charge is -2.00. The minimum Gasteiger partial charge on any atom is -0.258 e. The van der Waals surface area contributed by atoms with Crippen molar-refractivity contribution in [2.45, 2.75) is 11.8 Å². The van der Waals surface area contributed by atoms with Crippen LogP contribution < -0.4 is 0 Å². The Hall–Kier alpha value is -2.07. The second-order valence-corrected chi connectivity index (χ2v) is 5.00. The summed E-state index contributed by atoms with van der Waals surface area (Å²) in [6, 6.07) is 16.8. The highest BCUT2D eigenvalue weighted by molar-refractivity contribution is 8.02. The third-order valence-corrected chi connectivity index (χ3v) is 3.48. The van der Waals surface area contributed by atoms with Gasteiger partial charge in [0, 0.05) is 4.90 Å². The molecule has 0 N–H and O–H groups in total. The number of nitro groups is 1. The van der Waals surface area contributed by atoms with E-state index in [0.29, 0.717) is 5.56 Å². The predicted octanol–water partition coefficient (Wildman–Crippen LogP) is 4.36. The lowest BCUT2D eigenvalue weighted by molar-refractivity contribution is -0.375. The molecule has 2 rings (SSSR count). The largest absolute Gasteiger partial charge is 0.283 e. The van der Waals surface area contributed by atoms with Gasteiger partial charge in [-0.2, -0.15) is 0 Å². The number of benzene rings is 2. The van der Waals surface area contributed by atoms with Crippen molar-refractivity contribution >= 4 is 17.5 Å². The summed E-state index contributed by atoms with van der Waals surface area (Å²) in [5, 5.41) is 12.7. The van der Waals surface area contributed by atoms with Crippen molar-refractivity contribution in [3.63, 3.8) is 0 Å². The molecule has 19 heavy (non-hydrogen) atoms. The van der Waals surface area contributed by atoms with Gasteiger partial charge in [-0.15, -0.1) is 0 Å². The van der Waals surface area contributed by atoms with E-state index in [1.165, 1.54) is 17.3 Å². The minimum atomic E-state index is -0.351. The van der Waals surface area contributed by atoms with Crippen molar-refractivity contribution in [2.75, 3.05) is 0 Å². The Labute approximate surface area is 116 Å². The molecule has 0 atom stereocenters. The molecule has 0 aliphatic carbocycles. The normalized spacial score (nSPS) is 11.3. The second-order valence-electron chi connectivity index (χ2n) is 4.06. The van der Waals surface area contributed by atoms with Gasteiger partial charge in [-0.05, 0) is 31.2 Å². The zero-order valence-electron chi connectivity index (χ0n) is 10.4. The number of thioether (sulfide) groups is 1. The molecule has 0 aliphatic heterocycles. The quantitative estimate of drug-likeness (QED) is 0.471. The molecule has 0 radical (unpaired) electrons. The van der Waals surface area contributed by atoms with Crippen LogP contribution in [0.15, 0.2) is 64.9 Å². The zero-order valence-corrected chi connectivity index (χ0v) is 11.3. The van der Waals surface area contributed by atoms with Crippen LogP contribution in [0.25, 0.3) is 5.70 Å². The molecule has 0 saturated carbocycles. The maximum atomic E-state index is 11.1. The highest BCUT2D eigenvalue weighted by Gasteiger charge is 2.13. The van der Waals surface area contributed by atoms with E-state index < -0.39 is 0 Å². The molecule has 0 bridgehead atoms. The summed E-state index contributed by atoms with van der Waals surface area (Å²) in [7, 11) is 0. The molecule has 0 aliphatic rings. The van der Waals surface area contributed by atoms with Gasteiger partial charge in [-0.25, -0.2) is 0 Å². The Balaban J connectivity index is 2.23. The van der Waals surface area contributed by atoms with Gasteiger partial charge < -0.3 is 0 Å². The highest BCUT2D eigenvalue weighted by atomic mass is 32.2. The van der Waals surface area contributed by atoms with E-state index in [0.717, 1.165) is 4.90 Å². The van der Waals surface area contributed by atoms with E-state index in [2.05, 4.69) is 0 Å². The van der Waals surface area contributed by atoms with E-state index in [-0.39, 0.29) is 10.6 Å². The van der Waals surface area contributed by atoms with Crippen molar-refractivity contribution in [3.8, 4) is 0 Å². The summed E-state index contributed by atoms with van der Waals surface area (Å²) in [6.07, 6.45) is 0.